The number of hydrogen-bond acceptors (Lipinski definition) is 5. The van der Waals surface area contributed by atoms with Crippen molar-refractivity contribution in [3.63, 3.8) is 0 Å². The van der Waals surface area contributed by atoms with E-state index in [2.05, 4.69) is 15.5 Å². The Hall–Kier alpha value is -3.39. The molecular formula is C25H32N4O4. The quantitative estimate of drug-likeness (QED) is 0.539. The molecule has 0 atom stereocenters. The Morgan fingerprint density at radius 2 is 1.45 bits per heavy atom. The van der Waals surface area contributed by atoms with Gasteiger partial charge in [-0.2, -0.15) is 0 Å². The van der Waals surface area contributed by atoms with Crippen LogP contribution in [0.15, 0.2) is 60.7 Å². The molecule has 0 spiro atoms. The maximum atomic E-state index is 12.4. The van der Waals surface area contributed by atoms with Gasteiger partial charge >= 0.3 is 6.09 Å². The van der Waals surface area contributed by atoms with Crippen LogP contribution in [0.25, 0.3) is 0 Å². The maximum absolute atomic E-state index is 12.4. The molecule has 0 unspecified atom stereocenters. The van der Waals surface area contributed by atoms with Crippen LogP contribution in [0.3, 0.4) is 0 Å². The Morgan fingerprint density at radius 3 is 2.12 bits per heavy atom. The van der Waals surface area contributed by atoms with E-state index in [-0.39, 0.29) is 18.4 Å². The summed E-state index contributed by atoms with van der Waals surface area (Å²) in [6.45, 7) is 4.04. The second-order valence-electron chi connectivity index (χ2n) is 8.01. The van der Waals surface area contributed by atoms with E-state index in [1.165, 1.54) is 0 Å². The smallest absolute Gasteiger partial charge is 0.407 e. The van der Waals surface area contributed by atoms with E-state index in [1.54, 1.807) is 0 Å². The fourth-order valence-corrected chi connectivity index (χ4v) is 3.57. The predicted octanol–water partition coefficient (Wildman–Crippen LogP) is 2.15. The number of carbonyl (C=O) groups excluding carboxylic acids is 3. The highest BCUT2D eigenvalue weighted by atomic mass is 16.5. The number of carbonyl (C=O) groups is 3. The molecule has 0 aliphatic carbocycles. The molecule has 1 heterocycles. The summed E-state index contributed by atoms with van der Waals surface area (Å²) in [5, 5.41) is 5.62. The molecule has 1 saturated heterocycles. The minimum absolute atomic E-state index is 0.0103. The fraction of sp³-hybridized carbons (Fsp3) is 0.400. The zero-order chi connectivity index (χ0) is 23.3. The highest BCUT2D eigenvalue weighted by molar-refractivity contribution is 5.78. The number of ether oxygens (including phenoxy) is 1. The van der Waals surface area contributed by atoms with Crippen molar-refractivity contribution in [2.24, 2.45) is 0 Å². The number of hydrogen-bond donors (Lipinski definition) is 2. The highest BCUT2D eigenvalue weighted by Crippen LogP contribution is 2.06. The van der Waals surface area contributed by atoms with Gasteiger partial charge in [-0.3, -0.25) is 14.5 Å². The van der Waals surface area contributed by atoms with Crippen molar-refractivity contribution in [2.75, 3.05) is 39.3 Å². The van der Waals surface area contributed by atoms with E-state index in [9.17, 15) is 14.4 Å². The number of benzene rings is 2. The SMILES string of the molecule is O=C(CN1CCN(C(=O)CCCNC(=O)OCc2ccccc2)CC1)NCc1ccccc1. The van der Waals surface area contributed by atoms with Gasteiger partial charge in [-0.05, 0) is 17.5 Å². The van der Waals surface area contributed by atoms with Gasteiger partial charge in [-0.1, -0.05) is 60.7 Å². The molecule has 8 nitrogen and oxygen atoms in total. The summed E-state index contributed by atoms with van der Waals surface area (Å²) in [6, 6.07) is 19.3. The number of rotatable bonds is 10. The van der Waals surface area contributed by atoms with Crippen molar-refractivity contribution in [3.8, 4) is 0 Å². The molecule has 176 valence electrons. The topological polar surface area (TPSA) is 91.0 Å². The molecule has 0 saturated carbocycles. The molecular weight excluding hydrogens is 420 g/mol. The Morgan fingerprint density at radius 1 is 0.818 bits per heavy atom. The molecule has 3 rings (SSSR count). The second-order valence-corrected chi connectivity index (χ2v) is 8.01. The molecule has 3 amide bonds. The van der Waals surface area contributed by atoms with Crippen LogP contribution in [-0.2, 0) is 27.5 Å². The van der Waals surface area contributed by atoms with Crippen LogP contribution < -0.4 is 10.6 Å². The van der Waals surface area contributed by atoms with Gasteiger partial charge in [0.2, 0.25) is 11.8 Å². The average Bonchev–Trinajstić information content (AvgIpc) is 2.86. The first kappa shape index (κ1) is 24.3. The molecule has 1 aliphatic rings. The summed E-state index contributed by atoms with van der Waals surface area (Å²) in [5.74, 6) is 0.0616. The molecule has 2 aromatic carbocycles. The van der Waals surface area contributed by atoms with Gasteiger partial charge < -0.3 is 20.3 Å². The van der Waals surface area contributed by atoms with Crippen LogP contribution in [0.4, 0.5) is 4.79 Å². The van der Waals surface area contributed by atoms with E-state index < -0.39 is 6.09 Å². The monoisotopic (exact) mass is 452 g/mol. The van der Waals surface area contributed by atoms with Gasteiger partial charge in [0.15, 0.2) is 0 Å². The number of piperazine rings is 1. The molecule has 1 aliphatic heterocycles. The van der Waals surface area contributed by atoms with E-state index in [0.717, 1.165) is 11.1 Å². The predicted molar refractivity (Wildman–Crippen MR) is 125 cm³/mol. The molecule has 33 heavy (non-hydrogen) atoms. The summed E-state index contributed by atoms with van der Waals surface area (Å²) < 4.78 is 5.15. The zero-order valence-corrected chi connectivity index (χ0v) is 18.9. The van der Waals surface area contributed by atoms with E-state index in [0.29, 0.717) is 58.7 Å². The lowest BCUT2D eigenvalue weighted by atomic mass is 10.2. The van der Waals surface area contributed by atoms with Crippen LogP contribution in [0.1, 0.15) is 24.0 Å². The van der Waals surface area contributed by atoms with Gasteiger partial charge in [-0.25, -0.2) is 4.79 Å². The minimum atomic E-state index is -0.481. The summed E-state index contributed by atoms with van der Waals surface area (Å²) in [5.41, 5.74) is 2.00. The number of nitrogens with one attached hydrogen (secondary N) is 2. The average molecular weight is 453 g/mol. The number of amides is 3. The molecule has 2 N–H and O–H groups in total. The van der Waals surface area contributed by atoms with Crippen molar-refractivity contribution < 1.29 is 19.1 Å². The molecule has 0 radical (unpaired) electrons. The molecule has 2 aromatic rings. The van der Waals surface area contributed by atoms with Crippen molar-refractivity contribution in [3.05, 3.63) is 71.8 Å². The number of alkyl carbamates (subject to hydrolysis) is 1. The fourth-order valence-electron chi connectivity index (χ4n) is 3.57. The van der Waals surface area contributed by atoms with Crippen LogP contribution in [0.2, 0.25) is 0 Å². The Bertz CT molecular complexity index is 884. The van der Waals surface area contributed by atoms with Crippen molar-refractivity contribution in [2.45, 2.75) is 26.0 Å². The van der Waals surface area contributed by atoms with E-state index in [1.807, 2.05) is 65.6 Å². The molecule has 0 bridgehead atoms. The maximum Gasteiger partial charge on any atom is 0.407 e. The Kier molecular flexibility index (Phi) is 9.72. The lowest BCUT2D eigenvalue weighted by Gasteiger charge is -2.34. The van der Waals surface area contributed by atoms with Crippen LogP contribution in [0, 0.1) is 0 Å². The van der Waals surface area contributed by atoms with Gasteiger partial charge in [0.1, 0.15) is 6.61 Å². The third-order valence-electron chi connectivity index (χ3n) is 5.47. The van der Waals surface area contributed by atoms with E-state index in [4.69, 9.17) is 4.74 Å². The summed E-state index contributed by atoms with van der Waals surface area (Å²) in [6.07, 6.45) is 0.447. The first-order chi connectivity index (χ1) is 16.1. The van der Waals surface area contributed by atoms with E-state index >= 15 is 0 Å². The largest absolute Gasteiger partial charge is 0.445 e. The van der Waals surface area contributed by atoms with Crippen LogP contribution in [0.5, 0.6) is 0 Å². The van der Waals surface area contributed by atoms with Gasteiger partial charge in [0.25, 0.3) is 0 Å². The van der Waals surface area contributed by atoms with Gasteiger partial charge in [0.05, 0.1) is 6.54 Å². The van der Waals surface area contributed by atoms with Crippen molar-refractivity contribution in [1.29, 1.82) is 0 Å². The first-order valence-corrected chi connectivity index (χ1v) is 11.4. The second kappa shape index (κ2) is 13.2. The summed E-state index contributed by atoms with van der Waals surface area (Å²) in [4.78, 5) is 40.2. The Balaban J connectivity index is 1.23. The normalized spacial score (nSPS) is 13.9. The zero-order valence-electron chi connectivity index (χ0n) is 18.9. The standard InChI is InChI=1S/C25H32N4O4/c30-23(27-18-21-8-3-1-4-9-21)19-28-14-16-29(17-15-28)24(31)12-7-13-26-25(32)33-20-22-10-5-2-6-11-22/h1-6,8-11H,7,12-20H2,(H,26,32)(H,27,30). The van der Waals surface area contributed by atoms with Crippen molar-refractivity contribution in [1.82, 2.24) is 20.4 Å². The molecule has 1 fully saturated rings. The minimum Gasteiger partial charge on any atom is -0.445 e. The summed E-state index contributed by atoms with van der Waals surface area (Å²) in [7, 11) is 0. The van der Waals surface area contributed by atoms with Gasteiger partial charge in [0, 0.05) is 45.7 Å². The molecule has 8 heteroatoms. The number of nitrogens with zero attached hydrogens (tertiary/aromatic N) is 2. The van der Waals surface area contributed by atoms with Crippen LogP contribution in [-0.4, -0.2) is 67.0 Å². The first-order valence-electron chi connectivity index (χ1n) is 11.4. The molecule has 0 aromatic heterocycles. The van der Waals surface area contributed by atoms with Crippen molar-refractivity contribution >= 4 is 17.9 Å². The van der Waals surface area contributed by atoms with Crippen LogP contribution >= 0.6 is 0 Å². The summed E-state index contributed by atoms with van der Waals surface area (Å²) >= 11 is 0. The third kappa shape index (κ3) is 8.94. The third-order valence-corrected chi connectivity index (χ3v) is 5.47. The highest BCUT2D eigenvalue weighted by Gasteiger charge is 2.22. The lowest BCUT2D eigenvalue weighted by Crippen LogP contribution is -2.51. The Labute approximate surface area is 194 Å². The lowest BCUT2D eigenvalue weighted by molar-refractivity contribution is -0.133. The van der Waals surface area contributed by atoms with Gasteiger partial charge in [-0.15, -0.1) is 0 Å².